The predicted octanol–water partition coefficient (Wildman–Crippen LogP) is 3.37. The maximum Gasteiger partial charge on any atom is 0.0208 e. The van der Waals surface area contributed by atoms with Gasteiger partial charge in [0.15, 0.2) is 0 Å². The van der Waals surface area contributed by atoms with E-state index in [1.165, 1.54) is 30.4 Å². The number of rotatable bonds is 5. The van der Waals surface area contributed by atoms with Gasteiger partial charge in [0.2, 0.25) is 0 Å². The van der Waals surface area contributed by atoms with Gasteiger partial charge in [-0.25, -0.2) is 0 Å². The lowest BCUT2D eigenvalue weighted by Crippen LogP contribution is -2.14. The third-order valence-corrected chi connectivity index (χ3v) is 3.16. The monoisotopic (exact) mass is 203 g/mol. The third kappa shape index (κ3) is 2.82. The molecule has 1 aromatic rings. The van der Waals surface area contributed by atoms with E-state index in [1.807, 2.05) is 0 Å². The molecule has 1 heteroatoms. The van der Waals surface area contributed by atoms with Crippen LogP contribution < -0.4 is 5.32 Å². The van der Waals surface area contributed by atoms with Gasteiger partial charge < -0.3 is 5.32 Å². The second-order valence-electron chi connectivity index (χ2n) is 4.64. The molecule has 0 bridgehead atoms. The van der Waals surface area contributed by atoms with Crippen molar-refractivity contribution in [3.8, 4) is 0 Å². The molecule has 0 radical (unpaired) electrons. The summed E-state index contributed by atoms with van der Waals surface area (Å²) in [6.45, 7) is 6.56. The number of aryl methyl sites for hydroxylation is 1. The van der Waals surface area contributed by atoms with E-state index < -0.39 is 0 Å². The van der Waals surface area contributed by atoms with Crippen molar-refractivity contribution in [2.24, 2.45) is 0 Å². The molecule has 0 unspecified atom stereocenters. The summed E-state index contributed by atoms with van der Waals surface area (Å²) < 4.78 is 0. The van der Waals surface area contributed by atoms with Crippen molar-refractivity contribution in [3.63, 3.8) is 0 Å². The normalized spacial score (nSPS) is 15.6. The van der Waals surface area contributed by atoms with Gasteiger partial charge >= 0.3 is 0 Å². The summed E-state index contributed by atoms with van der Waals surface area (Å²) in [6.07, 6.45) is 4.00. The highest BCUT2D eigenvalue weighted by Gasteiger charge is 2.23. The molecular formula is C14H21N. The Labute approximate surface area is 92.9 Å². The first kappa shape index (κ1) is 10.7. The number of hydrogen-bond acceptors (Lipinski definition) is 1. The van der Waals surface area contributed by atoms with Crippen molar-refractivity contribution in [2.75, 3.05) is 6.54 Å². The highest BCUT2D eigenvalue weighted by Crippen LogP contribution is 2.40. The van der Waals surface area contributed by atoms with Gasteiger partial charge in [0.1, 0.15) is 0 Å². The minimum absolute atomic E-state index is 0.871. The molecule has 0 spiro atoms. The van der Waals surface area contributed by atoms with Crippen molar-refractivity contribution in [1.82, 2.24) is 5.32 Å². The number of benzene rings is 1. The predicted molar refractivity (Wildman–Crippen MR) is 65.2 cm³/mol. The number of nitrogens with one attached hydrogen (secondary N) is 1. The van der Waals surface area contributed by atoms with Gasteiger partial charge in [-0.1, -0.05) is 25.1 Å². The summed E-state index contributed by atoms with van der Waals surface area (Å²) in [5.41, 5.74) is 4.45. The molecule has 0 aliphatic heterocycles. The Kier molecular flexibility index (Phi) is 3.42. The van der Waals surface area contributed by atoms with Gasteiger partial charge in [-0.2, -0.15) is 0 Å². The van der Waals surface area contributed by atoms with Crippen LogP contribution in [0.25, 0.3) is 0 Å². The van der Waals surface area contributed by atoms with Gasteiger partial charge in [0, 0.05) is 6.54 Å². The number of hydrogen-bond donors (Lipinski definition) is 1. The summed E-state index contributed by atoms with van der Waals surface area (Å²) in [6, 6.07) is 6.97. The molecular weight excluding hydrogens is 182 g/mol. The molecule has 2 rings (SSSR count). The fourth-order valence-electron chi connectivity index (χ4n) is 1.95. The van der Waals surface area contributed by atoms with Crippen LogP contribution in [-0.2, 0) is 6.54 Å². The fraction of sp³-hybridized carbons (Fsp3) is 0.571. The average molecular weight is 203 g/mol. The van der Waals surface area contributed by atoms with Crippen LogP contribution in [0.4, 0.5) is 0 Å². The second-order valence-corrected chi connectivity index (χ2v) is 4.64. The molecule has 1 aliphatic carbocycles. The molecule has 0 atom stereocenters. The highest BCUT2D eigenvalue weighted by molar-refractivity contribution is 5.34. The molecule has 0 aromatic heterocycles. The second kappa shape index (κ2) is 4.80. The van der Waals surface area contributed by atoms with Gasteiger partial charge in [-0.3, -0.25) is 0 Å². The molecule has 0 saturated heterocycles. The van der Waals surface area contributed by atoms with E-state index in [0.29, 0.717) is 0 Å². The molecule has 1 nitrogen and oxygen atoms in total. The molecule has 82 valence electrons. The summed E-state index contributed by atoms with van der Waals surface area (Å²) in [4.78, 5) is 0. The van der Waals surface area contributed by atoms with Crippen molar-refractivity contribution in [3.05, 3.63) is 34.9 Å². The summed E-state index contributed by atoms with van der Waals surface area (Å²) in [5.74, 6) is 0.871. The van der Waals surface area contributed by atoms with Crippen molar-refractivity contribution < 1.29 is 0 Å². The molecule has 0 heterocycles. The Morgan fingerprint density at radius 2 is 2.13 bits per heavy atom. The van der Waals surface area contributed by atoms with E-state index >= 15 is 0 Å². The maximum atomic E-state index is 3.48. The zero-order valence-corrected chi connectivity index (χ0v) is 9.84. The van der Waals surface area contributed by atoms with Crippen LogP contribution in [0.5, 0.6) is 0 Å². The van der Waals surface area contributed by atoms with E-state index in [-0.39, 0.29) is 0 Å². The minimum Gasteiger partial charge on any atom is -0.313 e. The van der Waals surface area contributed by atoms with Crippen LogP contribution in [0.2, 0.25) is 0 Å². The van der Waals surface area contributed by atoms with E-state index in [1.54, 1.807) is 5.56 Å². The molecule has 1 saturated carbocycles. The molecule has 15 heavy (non-hydrogen) atoms. The maximum absolute atomic E-state index is 3.48. The highest BCUT2D eigenvalue weighted by atomic mass is 14.8. The molecule has 1 aliphatic rings. The minimum atomic E-state index is 0.871. The zero-order valence-electron chi connectivity index (χ0n) is 9.84. The van der Waals surface area contributed by atoms with Crippen molar-refractivity contribution in [1.29, 1.82) is 0 Å². The average Bonchev–Trinajstić information content (AvgIpc) is 3.05. The lowest BCUT2D eigenvalue weighted by Gasteiger charge is -2.09. The summed E-state index contributed by atoms with van der Waals surface area (Å²) in [5, 5.41) is 3.48. The Morgan fingerprint density at radius 3 is 2.80 bits per heavy atom. The van der Waals surface area contributed by atoms with Crippen LogP contribution in [0.1, 0.15) is 48.8 Å². The van der Waals surface area contributed by atoms with E-state index in [4.69, 9.17) is 0 Å². The van der Waals surface area contributed by atoms with Crippen LogP contribution in [0.15, 0.2) is 18.2 Å². The lowest BCUT2D eigenvalue weighted by molar-refractivity contribution is 0.672. The van der Waals surface area contributed by atoms with Crippen LogP contribution >= 0.6 is 0 Å². The van der Waals surface area contributed by atoms with Crippen molar-refractivity contribution in [2.45, 2.75) is 45.6 Å². The topological polar surface area (TPSA) is 12.0 Å². The van der Waals surface area contributed by atoms with E-state index in [2.05, 4.69) is 37.4 Å². The third-order valence-electron chi connectivity index (χ3n) is 3.16. The Morgan fingerprint density at radius 1 is 1.33 bits per heavy atom. The molecule has 1 aromatic carbocycles. The van der Waals surface area contributed by atoms with Crippen LogP contribution in [0, 0.1) is 6.92 Å². The van der Waals surface area contributed by atoms with Gasteiger partial charge in [0.05, 0.1) is 0 Å². The Hall–Kier alpha value is -0.820. The molecule has 1 fully saturated rings. The van der Waals surface area contributed by atoms with Crippen LogP contribution in [0.3, 0.4) is 0 Å². The summed E-state index contributed by atoms with van der Waals surface area (Å²) in [7, 11) is 0. The van der Waals surface area contributed by atoms with Crippen LogP contribution in [-0.4, -0.2) is 6.54 Å². The first-order valence-electron chi connectivity index (χ1n) is 6.11. The zero-order chi connectivity index (χ0) is 10.7. The Balaban J connectivity index is 2.03. The fourth-order valence-corrected chi connectivity index (χ4v) is 1.95. The lowest BCUT2D eigenvalue weighted by atomic mass is 10.0. The van der Waals surface area contributed by atoms with E-state index in [9.17, 15) is 0 Å². The van der Waals surface area contributed by atoms with Gasteiger partial charge in [-0.15, -0.1) is 0 Å². The first-order chi connectivity index (χ1) is 7.31. The molecule has 1 N–H and O–H groups in total. The largest absolute Gasteiger partial charge is 0.313 e. The van der Waals surface area contributed by atoms with E-state index in [0.717, 1.165) is 19.0 Å². The molecule has 0 amide bonds. The van der Waals surface area contributed by atoms with Crippen molar-refractivity contribution >= 4 is 0 Å². The van der Waals surface area contributed by atoms with Gasteiger partial charge in [-0.05, 0) is 55.3 Å². The SMILES string of the molecule is CCCNCc1cc(C2CC2)ccc1C. The Bertz CT molecular complexity index is 326. The quantitative estimate of drug-likeness (QED) is 0.723. The van der Waals surface area contributed by atoms with Gasteiger partial charge in [0.25, 0.3) is 0 Å². The first-order valence-corrected chi connectivity index (χ1v) is 6.11. The summed E-state index contributed by atoms with van der Waals surface area (Å²) >= 11 is 0. The standard InChI is InChI=1S/C14H21N/c1-3-8-15-10-14-9-13(12-6-7-12)5-4-11(14)2/h4-5,9,12,15H,3,6-8,10H2,1-2H3. The smallest absolute Gasteiger partial charge is 0.0208 e.